The van der Waals surface area contributed by atoms with Crippen molar-refractivity contribution in [3.63, 3.8) is 0 Å². The molecule has 0 unspecified atom stereocenters. The molecule has 4 rings (SSSR count). The predicted molar refractivity (Wildman–Crippen MR) is 156 cm³/mol. The fourth-order valence-electron chi connectivity index (χ4n) is 4.74. The van der Waals surface area contributed by atoms with Crippen LogP contribution in [0, 0.1) is 13.8 Å². The number of aliphatic imine (C=N–C) groups is 1. The molecule has 1 heterocycles. The summed E-state index contributed by atoms with van der Waals surface area (Å²) in [6.07, 6.45) is 1.76. The van der Waals surface area contributed by atoms with Crippen LogP contribution in [0.2, 0.25) is 0 Å². The summed E-state index contributed by atoms with van der Waals surface area (Å²) in [6, 6.07) is 27.7. The Kier molecular flexibility index (Phi) is 10.4. The first-order valence-corrected chi connectivity index (χ1v) is 13.3. The van der Waals surface area contributed by atoms with Crippen LogP contribution >= 0.6 is 0 Å². The van der Waals surface area contributed by atoms with Gasteiger partial charge >= 0.3 is 0 Å². The molecular weight excluding hydrogens is 454 g/mol. The number of hydrogen-bond acceptors (Lipinski definition) is 3. The number of carbonyl (C=O) groups is 1. The maximum Gasteiger partial charge on any atom is 0.149 e. The molecule has 194 valence electrons. The third-order valence-corrected chi connectivity index (χ3v) is 6.97. The lowest BCUT2D eigenvalue weighted by atomic mass is 9.97. The number of rotatable bonds is 7. The zero-order chi connectivity index (χ0) is 26.8. The number of aldehydes is 1. The monoisotopic (exact) mass is 495 g/mol. The summed E-state index contributed by atoms with van der Waals surface area (Å²) in [7, 11) is 2.08. The second-order valence-corrected chi connectivity index (χ2v) is 9.46. The highest BCUT2D eigenvalue weighted by molar-refractivity contribution is 5.83. The molecule has 0 spiro atoms. The van der Waals surface area contributed by atoms with Crippen LogP contribution in [-0.4, -0.2) is 42.1 Å². The summed E-state index contributed by atoms with van der Waals surface area (Å²) in [5.41, 5.74) is 8.01. The molecule has 0 bridgehead atoms. The fourth-order valence-corrected chi connectivity index (χ4v) is 4.74. The van der Waals surface area contributed by atoms with Crippen LogP contribution in [0.3, 0.4) is 0 Å². The van der Waals surface area contributed by atoms with Crippen LogP contribution in [0.25, 0.3) is 0 Å². The minimum Gasteiger partial charge on any atom is -0.352 e. The molecule has 0 amide bonds. The third-order valence-electron chi connectivity index (χ3n) is 6.97. The smallest absolute Gasteiger partial charge is 0.149 e. The summed E-state index contributed by atoms with van der Waals surface area (Å²) in [5.74, 6) is 0.902. The molecule has 0 radical (unpaired) electrons. The van der Waals surface area contributed by atoms with E-state index in [2.05, 4.69) is 97.4 Å². The van der Waals surface area contributed by atoms with Gasteiger partial charge in [0.1, 0.15) is 12.1 Å². The number of carbonyl (C=O) groups excluding carboxylic acids is 1. The molecule has 37 heavy (non-hydrogen) atoms. The third kappa shape index (κ3) is 7.27. The van der Waals surface area contributed by atoms with Gasteiger partial charge in [-0.1, -0.05) is 92.7 Å². The van der Waals surface area contributed by atoms with Crippen molar-refractivity contribution < 1.29 is 4.79 Å². The van der Waals surface area contributed by atoms with E-state index in [1.54, 1.807) is 0 Å². The average molecular weight is 496 g/mol. The van der Waals surface area contributed by atoms with E-state index in [1.807, 2.05) is 32.9 Å². The Morgan fingerprint density at radius 1 is 0.946 bits per heavy atom. The number of nitrogens with zero attached hydrogens (tertiary/aromatic N) is 3. The van der Waals surface area contributed by atoms with Crippen LogP contribution < -0.4 is 0 Å². The molecule has 0 saturated carbocycles. The number of aryl methyl sites for hydroxylation is 2. The van der Waals surface area contributed by atoms with Crippen molar-refractivity contribution in [1.82, 2.24) is 9.80 Å². The van der Waals surface area contributed by atoms with E-state index in [0.717, 1.165) is 42.9 Å². The maximum absolute atomic E-state index is 12.0. The molecule has 1 aliphatic rings. The number of amidine groups is 1. The summed E-state index contributed by atoms with van der Waals surface area (Å²) in [6.45, 7) is 12.7. The van der Waals surface area contributed by atoms with Gasteiger partial charge in [0.15, 0.2) is 0 Å². The Balaban J connectivity index is 0.00000186. The first-order valence-electron chi connectivity index (χ1n) is 13.3. The first kappa shape index (κ1) is 28.1. The van der Waals surface area contributed by atoms with Gasteiger partial charge in [0, 0.05) is 38.7 Å². The maximum atomic E-state index is 12.0. The van der Waals surface area contributed by atoms with Gasteiger partial charge in [-0.15, -0.1) is 0 Å². The lowest BCUT2D eigenvalue weighted by Gasteiger charge is -2.32. The van der Waals surface area contributed by atoms with Crippen molar-refractivity contribution >= 4 is 12.1 Å². The summed E-state index contributed by atoms with van der Waals surface area (Å²) in [4.78, 5) is 21.6. The van der Waals surface area contributed by atoms with Crippen LogP contribution in [0.5, 0.6) is 0 Å². The second-order valence-electron chi connectivity index (χ2n) is 9.46. The quantitative estimate of drug-likeness (QED) is 0.199. The van der Waals surface area contributed by atoms with Gasteiger partial charge in [-0.25, -0.2) is 4.99 Å². The van der Waals surface area contributed by atoms with E-state index < -0.39 is 0 Å². The fraction of sp³-hybridized carbons (Fsp3) is 0.333. The Bertz CT molecular complexity index is 1180. The van der Waals surface area contributed by atoms with Gasteiger partial charge in [-0.2, -0.15) is 0 Å². The van der Waals surface area contributed by atoms with Crippen LogP contribution in [0.1, 0.15) is 61.1 Å². The molecular formula is C33H41N3O. The first-order chi connectivity index (χ1) is 18.0. The molecule has 4 nitrogen and oxygen atoms in total. The predicted octanol–water partition coefficient (Wildman–Crippen LogP) is 7.13. The molecule has 3 aromatic rings. The van der Waals surface area contributed by atoms with Crippen molar-refractivity contribution in [2.75, 3.05) is 20.1 Å². The van der Waals surface area contributed by atoms with Gasteiger partial charge in [0.05, 0.1) is 11.7 Å². The molecule has 0 aromatic heterocycles. The van der Waals surface area contributed by atoms with Crippen LogP contribution in [-0.2, 0) is 11.3 Å². The summed E-state index contributed by atoms with van der Waals surface area (Å²) >= 11 is 0. The van der Waals surface area contributed by atoms with E-state index >= 15 is 0 Å². The molecule has 0 fully saturated rings. The molecule has 0 saturated heterocycles. The van der Waals surface area contributed by atoms with Crippen LogP contribution in [0.15, 0.2) is 95.1 Å². The summed E-state index contributed by atoms with van der Waals surface area (Å²) in [5, 5.41) is 0. The standard InChI is InChI=1S/C31H35N3O.C2H6/c1-23-15-16-26(19-24(23)2)20-34-18-17-30(29(21-34)22-35)32-25(3)33(4)31(27-11-7-5-8-12-27)28-13-9-6-10-14-28;1-2/h5-16,19,22,31H,17-18,20-21H2,1-4H3;1-2H3. The number of benzene rings is 3. The van der Waals surface area contributed by atoms with Gasteiger partial charge in [-0.3, -0.25) is 9.69 Å². The van der Waals surface area contributed by atoms with Crippen molar-refractivity contribution in [2.24, 2.45) is 4.99 Å². The Morgan fingerprint density at radius 2 is 1.54 bits per heavy atom. The van der Waals surface area contributed by atoms with Crippen LogP contribution in [0.4, 0.5) is 0 Å². The van der Waals surface area contributed by atoms with Crippen molar-refractivity contribution in [1.29, 1.82) is 0 Å². The second kappa shape index (κ2) is 13.7. The zero-order valence-electron chi connectivity index (χ0n) is 23.2. The van der Waals surface area contributed by atoms with E-state index in [9.17, 15) is 4.79 Å². The van der Waals surface area contributed by atoms with E-state index in [0.29, 0.717) is 6.54 Å². The van der Waals surface area contributed by atoms with E-state index in [-0.39, 0.29) is 6.04 Å². The molecule has 0 N–H and O–H groups in total. The van der Waals surface area contributed by atoms with Gasteiger partial charge in [0.2, 0.25) is 0 Å². The lowest BCUT2D eigenvalue weighted by molar-refractivity contribution is -0.105. The topological polar surface area (TPSA) is 35.9 Å². The largest absolute Gasteiger partial charge is 0.352 e. The molecule has 1 aliphatic heterocycles. The SMILES string of the molecule is CC.CC(=NC1=C(C=O)CN(Cc2ccc(C)c(C)c2)CC1)N(C)C(c1ccccc1)c1ccccc1. The Labute approximate surface area is 223 Å². The van der Waals surface area contributed by atoms with Gasteiger partial charge < -0.3 is 4.90 Å². The molecule has 0 aliphatic carbocycles. The van der Waals surface area contributed by atoms with Crippen molar-refractivity contribution in [2.45, 2.75) is 53.6 Å². The highest BCUT2D eigenvalue weighted by Crippen LogP contribution is 2.29. The van der Waals surface area contributed by atoms with Crippen molar-refractivity contribution in [3.05, 3.63) is 118 Å². The van der Waals surface area contributed by atoms with E-state index in [1.165, 1.54) is 27.8 Å². The highest BCUT2D eigenvalue weighted by atomic mass is 16.1. The van der Waals surface area contributed by atoms with Crippen molar-refractivity contribution in [3.8, 4) is 0 Å². The summed E-state index contributed by atoms with van der Waals surface area (Å²) < 4.78 is 0. The molecule has 4 heteroatoms. The average Bonchev–Trinajstić information content (AvgIpc) is 2.94. The Hall–Kier alpha value is -3.50. The molecule has 3 aromatic carbocycles. The normalized spacial score (nSPS) is 14.3. The van der Waals surface area contributed by atoms with Gasteiger partial charge in [-0.05, 0) is 48.6 Å². The minimum absolute atomic E-state index is 0.0475. The van der Waals surface area contributed by atoms with E-state index in [4.69, 9.17) is 4.99 Å². The minimum atomic E-state index is 0.0475. The number of hydrogen-bond donors (Lipinski definition) is 0. The van der Waals surface area contributed by atoms with Gasteiger partial charge in [0.25, 0.3) is 0 Å². The molecule has 0 atom stereocenters. The highest BCUT2D eigenvalue weighted by Gasteiger charge is 2.23. The Morgan fingerprint density at radius 3 is 2.08 bits per heavy atom. The lowest BCUT2D eigenvalue weighted by Crippen LogP contribution is -2.33. The zero-order valence-corrected chi connectivity index (χ0v) is 23.2.